The van der Waals surface area contributed by atoms with Gasteiger partial charge in [-0.05, 0) is 18.6 Å². The van der Waals surface area contributed by atoms with Gasteiger partial charge in [-0.1, -0.05) is 30.7 Å². The number of hydrogen-bond donors (Lipinski definition) is 2. The smallest absolute Gasteiger partial charge is 0.250 e. The molecule has 0 saturated carbocycles. The van der Waals surface area contributed by atoms with Gasteiger partial charge in [0.2, 0.25) is 0 Å². The van der Waals surface area contributed by atoms with Gasteiger partial charge in [0.25, 0.3) is 5.91 Å². The Morgan fingerprint density at radius 3 is 3.05 bits per heavy atom. The van der Waals surface area contributed by atoms with Gasteiger partial charge in [0, 0.05) is 13.1 Å². The number of halogens is 1. The number of amides is 1. The summed E-state index contributed by atoms with van der Waals surface area (Å²) in [4.78, 5) is 12.0. The van der Waals surface area contributed by atoms with E-state index in [-0.39, 0.29) is 12.0 Å². The molecule has 1 aromatic rings. The Balaban J connectivity index is 1.82. The number of benzene rings is 1. The monoisotopic (exact) mass is 312 g/mol. The fourth-order valence-electron chi connectivity index (χ4n) is 2.05. The topological polar surface area (TPSA) is 59.6 Å². The fraction of sp³-hybridized carbons (Fsp3) is 0.533. The largest absolute Gasteiger partial charge is 0.487 e. The summed E-state index contributed by atoms with van der Waals surface area (Å²) >= 11 is 6.07. The van der Waals surface area contributed by atoms with Crippen LogP contribution in [0.15, 0.2) is 24.3 Å². The zero-order valence-corrected chi connectivity index (χ0v) is 12.9. The molecule has 0 aliphatic carbocycles. The van der Waals surface area contributed by atoms with Crippen LogP contribution in [0, 0.1) is 0 Å². The van der Waals surface area contributed by atoms with Crippen molar-refractivity contribution in [3.05, 3.63) is 29.3 Å². The number of hydrogen-bond acceptors (Lipinski definition) is 4. The van der Waals surface area contributed by atoms with Gasteiger partial charge in [0.15, 0.2) is 0 Å². The van der Waals surface area contributed by atoms with E-state index in [2.05, 4.69) is 10.6 Å². The molecule has 0 bridgehead atoms. The molecule has 1 aromatic carbocycles. The van der Waals surface area contributed by atoms with E-state index in [0.29, 0.717) is 30.5 Å². The van der Waals surface area contributed by atoms with Crippen molar-refractivity contribution in [1.29, 1.82) is 0 Å². The van der Waals surface area contributed by atoms with Crippen LogP contribution in [0.2, 0.25) is 5.02 Å². The third-order valence-corrected chi connectivity index (χ3v) is 3.62. The predicted octanol–water partition coefficient (Wildman–Crippen LogP) is 1.60. The third kappa shape index (κ3) is 4.88. The average molecular weight is 313 g/mol. The first-order valence-electron chi connectivity index (χ1n) is 7.22. The van der Waals surface area contributed by atoms with Crippen LogP contribution < -0.4 is 15.4 Å². The van der Waals surface area contributed by atoms with E-state index < -0.39 is 6.10 Å². The summed E-state index contributed by atoms with van der Waals surface area (Å²) in [6, 6.07) is 7.32. The van der Waals surface area contributed by atoms with Crippen molar-refractivity contribution in [1.82, 2.24) is 10.6 Å². The predicted molar refractivity (Wildman–Crippen MR) is 81.8 cm³/mol. The molecule has 1 amide bonds. The molecule has 2 unspecified atom stereocenters. The summed E-state index contributed by atoms with van der Waals surface area (Å²) in [7, 11) is 0. The molecule has 0 radical (unpaired) electrons. The minimum absolute atomic E-state index is 0.108. The normalized spacial score (nSPS) is 19.8. The van der Waals surface area contributed by atoms with Crippen LogP contribution in [0.4, 0.5) is 0 Å². The van der Waals surface area contributed by atoms with Gasteiger partial charge < -0.3 is 20.1 Å². The highest BCUT2D eigenvalue weighted by molar-refractivity contribution is 6.32. The van der Waals surface area contributed by atoms with Crippen LogP contribution >= 0.6 is 11.6 Å². The lowest BCUT2D eigenvalue weighted by atomic mass is 10.2. The van der Waals surface area contributed by atoms with Gasteiger partial charge in [-0.15, -0.1) is 0 Å². The number of ether oxygens (including phenoxy) is 2. The van der Waals surface area contributed by atoms with Gasteiger partial charge in [-0.3, -0.25) is 4.79 Å². The van der Waals surface area contributed by atoms with E-state index >= 15 is 0 Å². The fourth-order valence-corrected chi connectivity index (χ4v) is 2.23. The van der Waals surface area contributed by atoms with Crippen LogP contribution in [0.1, 0.15) is 13.3 Å². The second-order valence-corrected chi connectivity index (χ2v) is 5.29. The zero-order chi connectivity index (χ0) is 15.1. The maximum absolute atomic E-state index is 12.0. The quantitative estimate of drug-likeness (QED) is 0.838. The van der Waals surface area contributed by atoms with Crippen molar-refractivity contribution in [3.8, 4) is 5.75 Å². The molecule has 2 N–H and O–H groups in total. The summed E-state index contributed by atoms with van der Waals surface area (Å²) in [5, 5.41) is 6.57. The van der Waals surface area contributed by atoms with E-state index in [1.54, 1.807) is 6.07 Å². The average Bonchev–Trinajstić information content (AvgIpc) is 2.53. The second kappa shape index (κ2) is 8.22. The molecule has 1 aliphatic rings. The molecule has 1 aliphatic heterocycles. The highest BCUT2D eigenvalue weighted by Gasteiger charge is 2.22. The number of morpholine rings is 1. The molecular formula is C15H21ClN2O3. The summed E-state index contributed by atoms with van der Waals surface area (Å²) in [6.45, 7) is 4.34. The number of carbonyl (C=O) groups is 1. The van der Waals surface area contributed by atoms with Crippen molar-refractivity contribution in [3.63, 3.8) is 0 Å². The summed E-state index contributed by atoms with van der Waals surface area (Å²) in [6.07, 6.45) is 0.233. The second-order valence-electron chi connectivity index (χ2n) is 4.89. The molecule has 2 atom stereocenters. The number of para-hydroxylation sites is 1. The minimum Gasteiger partial charge on any atom is -0.487 e. The maximum atomic E-state index is 12.0. The molecule has 21 heavy (non-hydrogen) atoms. The lowest BCUT2D eigenvalue weighted by molar-refractivity contribution is -0.134. The van der Waals surface area contributed by atoms with Crippen molar-refractivity contribution >= 4 is 17.5 Å². The van der Waals surface area contributed by atoms with Crippen molar-refractivity contribution in [2.24, 2.45) is 0 Å². The number of nitrogens with one attached hydrogen (secondary N) is 2. The Labute approximate surface area is 130 Å². The van der Waals surface area contributed by atoms with Crippen LogP contribution in [0.5, 0.6) is 5.75 Å². The van der Waals surface area contributed by atoms with Crippen LogP contribution in [-0.2, 0) is 9.53 Å². The first-order chi connectivity index (χ1) is 10.2. The highest BCUT2D eigenvalue weighted by atomic mass is 35.5. The van der Waals surface area contributed by atoms with Gasteiger partial charge >= 0.3 is 0 Å². The van der Waals surface area contributed by atoms with Crippen molar-refractivity contribution in [2.75, 3.05) is 26.2 Å². The first-order valence-corrected chi connectivity index (χ1v) is 7.59. The van der Waals surface area contributed by atoms with E-state index in [4.69, 9.17) is 21.1 Å². The third-order valence-electron chi connectivity index (χ3n) is 3.31. The number of carbonyl (C=O) groups excluding carboxylic acids is 1. The summed E-state index contributed by atoms with van der Waals surface area (Å²) in [5.74, 6) is 0.527. The summed E-state index contributed by atoms with van der Waals surface area (Å²) in [5.41, 5.74) is 0. The number of rotatable bonds is 6. The Bertz CT molecular complexity index is 464. The molecule has 5 nitrogen and oxygen atoms in total. The highest BCUT2D eigenvalue weighted by Crippen LogP contribution is 2.24. The van der Waals surface area contributed by atoms with Crippen LogP contribution in [-0.4, -0.2) is 44.4 Å². The van der Waals surface area contributed by atoms with E-state index in [9.17, 15) is 4.79 Å². The molecule has 2 rings (SSSR count). The molecular weight excluding hydrogens is 292 g/mol. The Morgan fingerprint density at radius 1 is 1.57 bits per heavy atom. The van der Waals surface area contributed by atoms with Gasteiger partial charge in [0.05, 0.1) is 18.2 Å². The van der Waals surface area contributed by atoms with E-state index in [0.717, 1.165) is 13.0 Å². The summed E-state index contributed by atoms with van der Waals surface area (Å²) < 4.78 is 11.2. The zero-order valence-electron chi connectivity index (χ0n) is 12.1. The van der Waals surface area contributed by atoms with Crippen molar-refractivity contribution in [2.45, 2.75) is 25.6 Å². The molecule has 1 saturated heterocycles. The lowest BCUT2D eigenvalue weighted by Crippen LogP contribution is -2.49. The van der Waals surface area contributed by atoms with Crippen LogP contribution in [0.25, 0.3) is 0 Å². The maximum Gasteiger partial charge on any atom is 0.250 e. The minimum atomic E-state index is -0.420. The van der Waals surface area contributed by atoms with Gasteiger partial charge in [-0.2, -0.15) is 0 Å². The lowest BCUT2D eigenvalue weighted by Gasteiger charge is -2.24. The Kier molecular flexibility index (Phi) is 6.29. The molecule has 116 valence electrons. The van der Waals surface area contributed by atoms with Crippen molar-refractivity contribution < 1.29 is 14.3 Å². The molecule has 0 spiro atoms. The first kappa shape index (κ1) is 16.1. The molecule has 1 fully saturated rings. The van der Waals surface area contributed by atoms with E-state index in [1.165, 1.54) is 0 Å². The standard InChI is InChI=1S/C15H21ClN2O3/c1-2-11(21-13-6-4-3-5-12(13)16)9-18-15(19)14-10-17-7-8-20-14/h3-6,11,14,17H,2,7-10H2,1H3,(H,18,19). The molecule has 0 aromatic heterocycles. The Morgan fingerprint density at radius 2 is 2.38 bits per heavy atom. The van der Waals surface area contributed by atoms with Crippen LogP contribution in [0.3, 0.4) is 0 Å². The SMILES string of the molecule is CCC(CNC(=O)C1CNCCO1)Oc1ccccc1Cl. The molecule has 6 heteroatoms. The van der Waals surface area contributed by atoms with Gasteiger partial charge in [-0.25, -0.2) is 0 Å². The van der Waals surface area contributed by atoms with Gasteiger partial charge in [0.1, 0.15) is 18.0 Å². The van der Waals surface area contributed by atoms with E-state index in [1.807, 2.05) is 25.1 Å². The Hall–Kier alpha value is -1.30. The molecule has 1 heterocycles.